The maximum atomic E-state index is 12.5. The van der Waals surface area contributed by atoms with Crippen molar-refractivity contribution in [1.29, 1.82) is 0 Å². The summed E-state index contributed by atoms with van der Waals surface area (Å²) in [6.07, 6.45) is 1.59. The van der Waals surface area contributed by atoms with Crippen molar-refractivity contribution in [1.82, 2.24) is 10.3 Å². The van der Waals surface area contributed by atoms with Crippen LogP contribution in [0.15, 0.2) is 60.8 Å². The maximum Gasteiger partial charge on any atom is 0.270 e. The molecule has 0 saturated heterocycles. The van der Waals surface area contributed by atoms with Gasteiger partial charge >= 0.3 is 0 Å². The molecule has 0 saturated carbocycles. The lowest BCUT2D eigenvalue weighted by Gasteiger charge is -2.12. The molecule has 0 aliphatic heterocycles. The largest absolute Gasteiger partial charge is 0.497 e. The second-order valence-electron chi connectivity index (χ2n) is 6.16. The van der Waals surface area contributed by atoms with Crippen LogP contribution in [-0.2, 0) is 6.54 Å². The summed E-state index contributed by atoms with van der Waals surface area (Å²) in [6, 6.07) is 16.5. The number of hydrogen-bond donors (Lipinski definition) is 2. The number of aromatic nitrogens is 1. The molecule has 2 aromatic carbocycles. The van der Waals surface area contributed by atoms with E-state index in [2.05, 4.69) is 15.6 Å². The molecule has 2 N–H and O–H groups in total. The number of carbonyl (C=O) groups is 1. The number of methoxy groups -OCH3 is 3. The number of anilines is 2. The fourth-order valence-electron chi connectivity index (χ4n) is 2.73. The zero-order valence-corrected chi connectivity index (χ0v) is 16.6. The molecule has 150 valence electrons. The lowest BCUT2D eigenvalue weighted by Crippen LogP contribution is -2.23. The quantitative estimate of drug-likeness (QED) is 0.606. The number of pyridine rings is 1. The third-order valence-electron chi connectivity index (χ3n) is 4.28. The first-order valence-corrected chi connectivity index (χ1v) is 8.99. The van der Waals surface area contributed by atoms with Crippen LogP contribution in [0.5, 0.6) is 17.2 Å². The van der Waals surface area contributed by atoms with Crippen LogP contribution in [0.2, 0.25) is 0 Å². The van der Waals surface area contributed by atoms with Gasteiger partial charge in [-0.15, -0.1) is 0 Å². The molecule has 3 rings (SSSR count). The average molecular weight is 393 g/mol. The molecule has 1 amide bonds. The lowest BCUT2D eigenvalue weighted by molar-refractivity contribution is 0.0946. The molecule has 0 aliphatic carbocycles. The molecule has 0 unspecified atom stereocenters. The van der Waals surface area contributed by atoms with Crippen LogP contribution in [0.3, 0.4) is 0 Å². The van der Waals surface area contributed by atoms with Crippen LogP contribution in [-0.4, -0.2) is 32.2 Å². The molecule has 0 bridgehead atoms. The summed E-state index contributed by atoms with van der Waals surface area (Å²) in [5, 5.41) is 6.11. The van der Waals surface area contributed by atoms with E-state index in [1.54, 1.807) is 39.7 Å². The maximum absolute atomic E-state index is 12.5. The van der Waals surface area contributed by atoms with Crippen molar-refractivity contribution in [2.75, 3.05) is 26.6 Å². The predicted molar refractivity (Wildman–Crippen MR) is 111 cm³/mol. The summed E-state index contributed by atoms with van der Waals surface area (Å²) < 4.78 is 15.7. The van der Waals surface area contributed by atoms with Crippen LogP contribution < -0.4 is 24.8 Å². The monoisotopic (exact) mass is 393 g/mol. The SMILES string of the molecule is COc1ccc(CNC(=O)c2cc(Nc3ccc(OC)c(OC)c3)ccn2)cc1. The van der Waals surface area contributed by atoms with E-state index in [1.165, 1.54) is 0 Å². The van der Waals surface area contributed by atoms with Crippen molar-refractivity contribution < 1.29 is 19.0 Å². The Balaban J connectivity index is 1.66. The van der Waals surface area contributed by atoms with Gasteiger partial charge in [-0.05, 0) is 42.0 Å². The van der Waals surface area contributed by atoms with Crippen LogP contribution in [0, 0.1) is 0 Å². The van der Waals surface area contributed by atoms with Crippen molar-refractivity contribution in [3.63, 3.8) is 0 Å². The number of benzene rings is 2. The van der Waals surface area contributed by atoms with E-state index in [1.807, 2.05) is 42.5 Å². The number of carbonyl (C=O) groups excluding carboxylic acids is 1. The summed E-state index contributed by atoms with van der Waals surface area (Å²) in [6.45, 7) is 0.401. The van der Waals surface area contributed by atoms with Gasteiger partial charge in [0.2, 0.25) is 0 Å². The molecular weight excluding hydrogens is 370 g/mol. The summed E-state index contributed by atoms with van der Waals surface area (Å²) >= 11 is 0. The van der Waals surface area contributed by atoms with E-state index in [0.29, 0.717) is 23.7 Å². The Morgan fingerprint density at radius 1 is 0.862 bits per heavy atom. The summed E-state index contributed by atoms with van der Waals surface area (Å²) in [5.41, 5.74) is 2.84. The van der Waals surface area contributed by atoms with E-state index in [4.69, 9.17) is 14.2 Å². The molecule has 29 heavy (non-hydrogen) atoms. The number of amides is 1. The Morgan fingerprint density at radius 3 is 2.28 bits per heavy atom. The highest BCUT2D eigenvalue weighted by Crippen LogP contribution is 2.31. The first kappa shape index (κ1) is 20.0. The Kier molecular flexibility index (Phi) is 6.52. The minimum atomic E-state index is -0.253. The number of nitrogens with zero attached hydrogens (tertiary/aromatic N) is 1. The zero-order chi connectivity index (χ0) is 20.6. The Hall–Kier alpha value is -3.74. The van der Waals surface area contributed by atoms with E-state index in [0.717, 1.165) is 22.7 Å². The van der Waals surface area contributed by atoms with Gasteiger partial charge in [-0.2, -0.15) is 0 Å². The minimum Gasteiger partial charge on any atom is -0.497 e. The van der Waals surface area contributed by atoms with Crippen LogP contribution in [0.1, 0.15) is 16.1 Å². The fourth-order valence-corrected chi connectivity index (χ4v) is 2.73. The van der Waals surface area contributed by atoms with Gasteiger partial charge in [0.25, 0.3) is 5.91 Å². The smallest absolute Gasteiger partial charge is 0.270 e. The third kappa shape index (κ3) is 5.16. The first-order chi connectivity index (χ1) is 14.1. The van der Waals surface area contributed by atoms with Gasteiger partial charge in [-0.25, -0.2) is 0 Å². The molecule has 0 fully saturated rings. The van der Waals surface area contributed by atoms with Gasteiger partial charge in [0.15, 0.2) is 11.5 Å². The highest BCUT2D eigenvalue weighted by Gasteiger charge is 2.09. The van der Waals surface area contributed by atoms with E-state index in [9.17, 15) is 4.79 Å². The molecule has 1 aromatic heterocycles. The van der Waals surface area contributed by atoms with Gasteiger partial charge in [-0.1, -0.05) is 12.1 Å². The second-order valence-corrected chi connectivity index (χ2v) is 6.16. The van der Waals surface area contributed by atoms with Gasteiger partial charge in [0, 0.05) is 30.2 Å². The van der Waals surface area contributed by atoms with Crippen molar-refractivity contribution in [3.05, 3.63) is 72.1 Å². The highest BCUT2D eigenvalue weighted by molar-refractivity contribution is 5.93. The van der Waals surface area contributed by atoms with Gasteiger partial charge in [0.05, 0.1) is 21.3 Å². The molecule has 7 heteroatoms. The summed E-state index contributed by atoms with van der Waals surface area (Å²) in [4.78, 5) is 16.6. The van der Waals surface area contributed by atoms with Crippen LogP contribution in [0.4, 0.5) is 11.4 Å². The Morgan fingerprint density at radius 2 is 1.59 bits per heavy atom. The number of nitrogens with one attached hydrogen (secondary N) is 2. The summed E-state index contributed by atoms with van der Waals surface area (Å²) in [5.74, 6) is 1.78. The topological polar surface area (TPSA) is 81.7 Å². The fraction of sp³-hybridized carbons (Fsp3) is 0.182. The molecular formula is C22H23N3O4. The van der Waals surface area contributed by atoms with Crippen LogP contribution >= 0.6 is 0 Å². The number of rotatable bonds is 8. The van der Waals surface area contributed by atoms with E-state index >= 15 is 0 Å². The predicted octanol–water partition coefficient (Wildman–Crippen LogP) is 3.78. The molecule has 7 nitrogen and oxygen atoms in total. The third-order valence-corrected chi connectivity index (χ3v) is 4.28. The van der Waals surface area contributed by atoms with Crippen LogP contribution in [0.25, 0.3) is 0 Å². The standard InChI is InChI=1S/C22H23N3O4/c1-27-18-7-4-15(5-8-18)14-24-22(26)19-12-17(10-11-23-19)25-16-6-9-20(28-2)21(13-16)29-3/h4-13H,14H2,1-3H3,(H,23,25)(H,24,26). The normalized spacial score (nSPS) is 10.2. The van der Waals surface area contributed by atoms with Crippen molar-refractivity contribution in [2.24, 2.45) is 0 Å². The Bertz CT molecular complexity index is 974. The molecule has 0 atom stereocenters. The summed E-state index contributed by atoms with van der Waals surface area (Å²) in [7, 11) is 4.79. The minimum absolute atomic E-state index is 0.253. The first-order valence-electron chi connectivity index (χ1n) is 8.99. The lowest BCUT2D eigenvalue weighted by atomic mass is 10.2. The molecule has 0 spiro atoms. The van der Waals surface area contributed by atoms with Gasteiger partial charge < -0.3 is 24.8 Å². The number of ether oxygens (including phenoxy) is 3. The molecule has 0 aliphatic rings. The molecule has 3 aromatic rings. The zero-order valence-electron chi connectivity index (χ0n) is 16.6. The van der Waals surface area contributed by atoms with Crippen molar-refractivity contribution in [3.8, 4) is 17.2 Å². The Labute approximate surface area is 169 Å². The average Bonchev–Trinajstić information content (AvgIpc) is 2.77. The number of hydrogen-bond acceptors (Lipinski definition) is 6. The van der Waals surface area contributed by atoms with E-state index < -0.39 is 0 Å². The molecule has 1 heterocycles. The van der Waals surface area contributed by atoms with Gasteiger partial charge in [0.1, 0.15) is 11.4 Å². The molecule has 0 radical (unpaired) electrons. The van der Waals surface area contributed by atoms with Crippen molar-refractivity contribution in [2.45, 2.75) is 6.54 Å². The van der Waals surface area contributed by atoms with Gasteiger partial charge in [-0.3, -0.25) is 9.78 Å². The van der Waals surface area contributed by atoms with Crippen molar-refractivity contribution >= 4 is 17.3 Å². The van der Waals surface area contributed by atoms with E-state index in [-0.39, 0.29) is 5.91 Å². The second kappa shape index (κ2) is 9.45. The highest BCUT2D eigenvalue weighted by atomic mass is 16.5.